The highest BCUT2D eigenvalue weighted by molar-refractivity contribution is 7.89. The Labute approximate surface area is 153 Å². The van der Waals surface area contributed by atoms with Crippen LogP contribution < -0.4 is 5.32 Å². The van der Waals surface area contributed by atoms with Crippen LogP contribution in [0.25, 0.3) is 0 Å². The van der Waals surface area contributed by atoms with Crippen LogP contribution in [-0.4, -0.2) is 57.5 Å². The molecule has 0 radical (unpaired) electrons. The van der Waals surface area contributed by atoms with Crippen molar-refractivity contribution in [2.24, 2.45) is 0 Å². The van der Waals surface area contributed by atoms with Crippen molar-refractivity contribution in [3.05, 3.63) is 24.3 Å². The highest BCUT2D eigenvalue weighted by Gasteiger charge is 2.26. The first-order chi connectivity index (χ1) is 12.4. The van der Waals surface area contributed by atoms with Crippen LogP contribution in [0.5, 0.6) is 0 Å². The molecule has 26 heavy (non-hydrogen) atoms. The second kappa shape index (κ2) is 9.65. The number of rotatable bonds is 8. The third-order valence-electron chi connectivity index (χ3n) is 3.86. The van der Waals surface area contributed by atoms with Gasteiger partial charge >= 0.3 is 5.97 Å². The van der Waals surface area contributed by atoms with Gasteiger partial charge in [-0.05, 0) is 38.0 Å². The van der Waals surface area contributed by atoms with Gasteiger partial charge in [-0.1, -0.05) is 12.5 Å². The van der Waals surface area contributed by atoms with Crippen LogP contribution in [0.4, 0.5) is 5.69 Å². The number of hydrogen-bond donors (Lipinski definition) is 1. The molecule has 1 amide bonds. The summed E-state index contributed by atoms with van der Waals surface area (Å²) in [5, 5.41) is 2.53. The van der Waals surface area contributed by atoms with Crippen molar-refractivity contribution in [2.45, 2.75) is 31.1 Å². The first-order valence-corrected chi connectivity index (χ1v) is 10.0. The van der Waals surface area contributed by atoms with Crippen molar-refractivity contribution in [3.63, 3.8) is 0 Å². The Hall–Kier alpha value is -1.97. The Morgan fingerprint density at radius 3 is 2.58 bits per heavy atom. The summed E-state index contributed by atoms with van der Waals surface area (Å²) in [4.78, 5) is 23.3. The zero-order valence-electron chi connectivity index (χ0n) is 14.8. The van der Waals surface area contributed by atoms with Crippen molar-refractivity contribution in [3.8, 4) is 0 Å². The van der Waals surface area contributed by atoms with Crippen molar-refractivity contribution >= 4 is 27.6 Å². The molecule has 1 aromatic carbocycles. The highest BCUT2D eigenvalue weighted by atomic mass is 32.2. The largest absolute Gasteiger partial charge is 0.454 e. The number of nitrogens with zero attached hydrogens (tertiary/aromatic N) is 1. The SMILES string of the molecule is CCOCC(=O)OCC(=O)Nc1cccc(S(=O)(=O)N2CCCCC2)c1. The predicted molar refractivity (Wildman–Crippen MR) is 95.1 cm³/mol. The smallest absolute Gasteiger partial charge is 0.332 e. The van der Waals surface area contributed by atoms with Crippen molar-refractivity contribution < 1.29 is 27.5 Å². The van der Waals surface area contributed by atoms with Gasteiger partial charge in [0.1, 0.15) is 6.61 Å². The molecule has 1 saturated heterocycles. The molecule has 1 aliphatic rings. The van der Waals surface area contributed by atoms with E-state index >= 15 is 0 Å². The highest BCUT2D eigenvalue weighted by Crippen LogP contribution is 2.22. The Kier molecular flexibility index (Phi) is 7.55. The molecule has 0 spiro atoms. The molecule has 1 heterocycles. The number of anilines is 1. The first kappa shape index (κ1) is 20.3. The summed E-state index contributed by atoms with van der Waals surface area (Å²) >= 11 is 0. The molecular formula is C17H24N2O6S. The molecule has 1 N–H and O–H groups in total. The average molecular weight is 384 g/mol. The number of carbonyl (C=O) groups excluding carboxylic acids is 2. The minimum absolute atomic E-state index is 0.130. The van der Waals surface area contributed by atoms with E-state index in [1.807, 2.05) is 0 Å². The third kappa shape index (κ3) is 5.79. The van der Waals surface area contributed by atoms with E-state index in [-0.39, 0.29) is 11.5 Å². The summed E-state index contributed by atoms with van der Waals surface area (Å²) < 4.78 is 36.5. The van der Waals surface area contributed by atoms with Crippen LogP contribution in [0.15, 0.2) is 29.2 Å². The second-order valence-corrected chi connectivity index (χ2v) is 7.78. The first-order valence-electron chi connectivity index (χ1n) is 8.57. The van der Waals surface area contributed by atoms with Gasteiger partial charge in [0.2, 0.25) is 10.0 Å². The lowest BCUT2D eigenvalue weighted by Crippen LogP contribution is -2.35. The van der Waals surface area contributed by atoms with E-state index in [2.05, 4.69) is 5.32 Å². The van der Waals surface area contributed by atoms with Crippen molar-refractivity contribution in [1.29, 1.82) is 0 Å². The van der Waals surface area contributed by atoms with Gasteiger partial charge < -0.3 is 14.8 Å². The number of esters is 1. The van der Waals surface area contributed by atoms with Gasteiger partial charge in [0.15, 0.2) is 6.61 Å². The lowest BCUT2D eigenvalue weighted by Gasteiger charge is -2.26. The number of nitrogens with one attached hydrogen (secondary N) is 1. The zero-order chi connectivity index (χ0) is 19.0. The molecule has 1 aromatic rings. The Balaban J connectivity index is 1.96. The lowest BCUT2D eigenvalue weighted by molar-refractivity contribution is -0.151. The Bertz CT molecular complexity index is 729. The quantitative estimate of drug-likeness (QED) is 0.680. The molecule has 0 aliphatic carbocycles. The monoisotopic (exact) mass is 384 g/mol. The van der Waals surface area contributed by atoms with E-state index in [0.29, 0.717) is 25.4 Å². The molecule has 0 aromatic heterocycles. The van der Waals surface area contributed by atoms with Crippen LogP contribution in [-0.2, 0) is 29.1 Å². The third-order valence-corrected chi connectivity index (χ3v) is 5.75. The summed E-state index contributed by atoms with van der Waals surface area (Å²) in [6, 6.07) is 6.05. The van der Waals surface area contributed by atoms with Crippen molar-refractivity contribution in [2.75, 3.05) is 38.2 Å². The minimum Gasteiger partial charge on any atom is -0.454 e. The minimum atomic E-state index is -3.58. The number of sulfonamides is 1. The van der Waals surface area contributed by atoms with Crippen LogP contribution in [0.3, 0.4) is 0 Å². The summed E-state index contributed by atoms with van der Waals surface area (Å²) in [5.74, 6) is -1.19. The van der Waals surface area contributed by atoms with E-state index in [1.54, 1.807) is 19.1 Å². The Morgan fingerprint density at radius 2 is 1.88 bits per heavy atom. The molecule has 0 bridgehead atoms. The molecular weight excluding hydrogens is 360 g/mol. The molecule has 144 valence electrons. The van der Waals surface area contributed by atoms with Gasteiger partial charge in [0.05, 0.1) is 4.90 Å². The van der Waals surface area contributed by atoms with Crippen molar-refractivity contribution in [1.82, 2.24) is 4.31 Å². The van der Waals surface area contributed by atoms with Crippen LogP contribution in [0.1, 0.15) is 26.2 Å². The van der Waals surface area contributed by atoms with E-state index < -0.39 is 28.5 Å². The normalized spacial score (nSPS) is 15.4. The van der Waals surface area contributed by atoms with Gasteiger partial charge in [-0.25, -0.2) is 13.2 Å². The van der Waals surface area contributed by atoms with Gasteiger partial charge in [-0.15, -0.1) is 0 Å². The summed E-state index contributed by atoms with van der Waals surface area (Å²) in [5.41, 5.74) is 0.328. The maximum Gasteiger partial charge on any atom is 0.332 e. The number of carbonyl (C=O) groups is 2. The molecule has 8 nitrogen and oxygen atoms in total. The number of benzene rings is 1. The molecule has 9 heteroatoms. The van der Waals surface area contributed by atoms with Crippen LogP contribution in [0.2, 0.25) is 0 Å². The zero-order valence-corrected chi connectivity index (χ0v) is 15.6. The van der Waals surface area contributed by atoms with E-state index in [9.17, 15) is 18.0 Å². The second-order valence-electron chi connectivity index (χ2n) is 5.84. The predicted octanol–water partition coefficient (Wildman–Crippen LogP) is 1.38. The summed E-state index contributed by atoms with van der Waals surface area (Å²) in [7, 11) is -3.58. The standard InChI is InChI=1S/C17H24N2O6S/c1-2-24-13-17(21)25-12-16(20)18-14-7-6-8-15(11-14)26(22,23)19-9-4-3-5-10-19/h6-8,11H,2-5,9-10,12-13H2,1H3,(H,18,20). The van der Waals surface area contributed by atoms with Crippen LogP contribution in [0, 0.1) is 0 Å². The summed E-state index contributed by atoms with van der Waals surface area (Å²) in [6.45, 7) is 2.45. The van der Waals surface area contributed by atoms with Gasteiger partial charge in [0, 0.05) is 25.4 Å². The van der Waals surface area contributed by atoms with Gasteiger partial charge in [0.25, 0.3) is 5.91 Å². The Morgan fingerprint density at radius 1 is 1.15 bits per heavy atom. The fourth-order valence-corrected chi connectivity index (χ4v) is 4.12. The average Bonchev–Trinajstić information content (AvgIpc) is 2.65. The van der Waals surface area contributed by atoms with E-state index in [1.165, 1.54) is 16.4 Å². The number of amides is 1. The number of piperidine rings is 1. The fourth-order valence-electron chi connectivity index (χ4n) is 2.56. The summed E-state index contributed by atoms with van der Waals surface area (Å²) in [6.07, 6.45) is 2.73. The lowest BCUT2D eigenvalue weighted by atomic mass is 10.2. The molecule has 0 saturated carbocycles. The van der Waals surface area contributed by atoms with Crippen LogP contribution >= 0.6 is 0 Å². The molecule has 0 unspecified atom stereocenters. The molecule has 2 rings (SSSR count). The maximum atomic E-state index is 12.7. The number of hydrogen-bond acceptors (Lipinski definition) is 6. The van der Waals surface area contributed by atoms with E-state index in [0.717, 1.165) is 19.3 Å². The molecule has 0 atom stereocenters. The molecule has 1 aliphatic heterocycles. The topological polar surface area (TPSA) is 102 Å². The van der Waals surface area contributed by atoms with Gasteiger partial charge in [-0.3, -0.25) is 4.79 Å². The maximum absolute atomic E-state index is 12.7. The number of ether oxygens (including phenoxy) is 2. The van der Waals surface area contributed by atoms with Gasteiger partial charge in [-0.2, -0.15) is 4.31 Å². The fraction of sp³-hybridized carbons (Fsp3) is 0.529. The molecule has 1 fully saturated rings. The van der Waals surface area contributed by atoms with E-state index in [4.69, 9.17) is 9.47 Å².